The highest BCUT2D eigenvalue weighted by atomic mass is 35.5. The van der Waals surface area contributed by atoms with Crippen molar-refractivity contribution >= 4 is 45.8 Å². The highest BCUT2D eigenvalue weighted by molar-refractivity contribution is 6.32. The monoisotopic (exact) mass is 463 g/mol. The minimum atomic E-state index is -1.22. The van der Waals surface area contributed by atoms with Gasteiger partial charge in [0.15, 0.2) is 5.75 Å². The third kappa shape index (κ3) is 4.98. The van der Waals surface area contributed by atoms with E-state index in [9.17, 15) is 14.9 Å². The molecular formula is C19H18ClN5O7. The molecule has 0 aliphatic carbocycles. The van der Waals surface area contributed by atoms with Crippen molar-refractivity contribution in [2.75, 3.05) is 32.7 Å². The first-order chi connectivity index (χ1) is 15.3. The number of anilines is 2. The number of amides is 1. The molecule has 0 saturated carbocycles. The van der Waals surface area contributed by atoms with Gasteiger partial charge in [0.1, 0.15) is 30.3 Å². The van der Waals surface area contributed by atoms with Crippen LogP contribution < -0.4 is 24.8 Å². The fraction of sp³-hybridized carbons (Fsp3) is 0.211. The van der Waals surface area contributed by atoms with Crippen LogP contribution in [0.2, 0.25) is 5.02 Å². The normalized spacial score (nSPS) is 10.5. The number of benzene rings is 2. The number of rotatable bonds is 9. The van der Waals surface area contributed by atoms with Crippen molar-refractivity contribution in [3.63, 3.8) is 0 Å². The first-order valence-electron chi connectivity index (χ1n) is 9.05. The molecule has 0 radical (unpaired) electrons. The van der Waals surface area contributed by atoms with Gasteiger partial charge in [0.2, 0.25) is 0 Å². The van der Waals surface area contributed by atoms with Gasteiger partial charge >= 0.3 is 11.8 Å². The quantitative estimate of drug-likeness (QED) is 0.243. The van der Waals surface area contributed by atoms with E-state index in [2.05, 4.69) is 20.6 Å². The SMILES string of the molecule is COc1cc(Nc2ncnc3cc(OCCNC(=O)O)c([N+](=O)[O-])cc23)c(OC)cc1Cl. The lowest BCUT2D eigenvalue weighted by molar-refractivity contribution is -0.385. The summed E-state index contributed by atoms with van der Waals surface area (Å²) in [6.07, 6.45) is 0.0608. The van der Waals surface area contributed by atoms with Gasteiger partial charge in [0.25, 0.3) is 0 Å². The number of carboxylic acid groups (broad SMARTS) is 1. The number of methoxy groups -OCH3 is 2. The molecule has 2 aromatic carbocycles. The fourth-order valence-corrected chi connectivity index (χ4v) is 3.07. The zero-order valence-corrected chi connectivity index (χ0v) is 17.7. The summed E-state index contributed by atoms with van der Waals surface area (Å²) in [6, 6.07) is 5.83. The smallest absolute Gasteiger partial charge is 0.404 e. The molecule has 0 bridgehead atoms. The number of nitrogens with one attached hydrogen (secondary N) is 2. The molecule has 13 heteroatoms. The second kappa shape index (κ2) is 9.83. The van der Waals surface area contributed by atoms with E-state index in [4.69, 9.17) is 30.9 Å². The van der Waals surface area contributed by atoms with E-state index in [1.807, 2.05) is 0 Å². The number of ether oxygens (including phenoxy) is 3. The van der Waals surface area contributed by atoms with Gasteiger partial charge < -0.3 is 30.0 Å². The van der Waals surface area contributed by atoms with Gasteiger partial charge in [-0.3, -0.25) is 10.1 Å². The van der Waals surface area contributed by atoms with Crippen molar-refractivity contribution in [3.8, 4) is 17.2 Å². The lowest BCUT2D eigenvalue weighted by Gasteiger charge is -2.15. The van der Waals surface area contributed by atoms with E-state index in [0.29, 0.717) is 33.1 Å². The second-order valence-electron chi connectivity index (χ2n) is 6.21. The molecule has 0 atom stereocenters. The van der Waals surface area contributed by atoms with E-state index in [1.165, 1.54) is 32.7 Å². The highest BCUT2D eigenvalue weighted by Crippen LogP contribution is 2.39. The number of aromatic nitrogens is 2. The standard InChI is InChI=1S/C19H18ClN5O7/c1-30-15-8-13(16(31-2)6-11(15)20)24-18-10-5-14(25(28)29)17(7-12(10)22-9-23-18)32-4-3-21-19(26)27/h5-9,21H,3-4H2,1-2H3,(H,26,27)(H,22,23,24). The number of hydrogen-bond donors (Lipinski definition) is 3. The molecule has 32 heavy (non-hydrogen) atoms. The number of hydrogen-bond acceptors (Lipinski definition) is 9. The Labute approximate surface area is 186 Å². The number of nitro benzene ring substituents is 1. The summed E-state index contributed by atoms with van der Waals surface area (Å²) >= 11 is 6.14. The summed E-state index contributed by atoms with van der Waals surface area (Å²) in [7, 11) is 2.93. The average Bonchev–Trinajstić information content (AvgIpc) is 2.76. The molecule has 1 heterocycles. The minimum Gasteiger partial charge on any atom is -0.495 e. The Balaban J connectivity index is 2.00. The summed E-state index contributed by atoms with van der Waals surface area (Å²) < 4.78 is 16.0. The second-order valence-corrected chi connectivity index (χ2v) is 6.62. The van der Waals surface area contributed by atoms with Crippen molar-refractivity contribution in [3.05, 3.63) is 45.7 Å². The number of nitrogens with zero attached hydrogens (tertiary/aromatic N) is 3. The summed E-state index contributed by atoms with van der Waals surface area (Å²) in [5.74, 6) is 1.03. The molecule has 0 unspecified atom stereocenters. The number of nitro groups is 1. The van der Waals surface area contributed by atoms with Gasteiger partial charge in [-0.25, -0.2) is 14.8 Å². The topological polar surface area (TPSA) is 158 Å². The van der Waals surface area contributed by atoms with Crippen LogP contribution in [0.3, 0.4) is 0 Å². The molecule has 168 valence electrons. The Kier molecular flexibility index (Phi) is 6.95. The van der Waals surface area contributed by atoms with Crippen LogP contribution in [0.15, 0.2) is 30.6 Å². The van der Waals surface area contributed by atoms with Gasteiger partial charge in [-0.05, 0) is 0 Å². The van der Waals surface area contributed by atoms with Crippen molar-refractivity contribution in [2.45, 2.75) is 0 Å². The molecule has 0 aliphatic heterocycles. The first kappa shape index (κ1) is 22.6. The Morgan fingerprint density at radius 2 is 1.91 bits per heavy atom. The molecule has 3 N–H and O–H groups in total. The van der Waals surface area contributed by atoms with Crippen molar-refractivity contribution in [1.29, 1.82) is 0 Å². The lowest BCUT2D eigenvalue weighted by atomic mass is 10.2. The molecule has 1 aromatic heterocycles. The van der Waals surface area contributed by atoms with Crippen molar-refractivity contribution < 1.29 is 29.0 Å². The lowest BCUT2D eigenvalue weighted by Crippen LogP contribution is -2.26. The first-order valence-corrected chi connectivity index (χ1v) is 9.43. The molecule has 0 aliphatic rings. The van der Waals surface area contributed by atoms with Crippen molar-refractivity contribution in [1.82, 2.24) is 15.3 Å². The van der Waals surface area contributed by atoms with Crippen molar-refractivity contribution in [2.24, 2.45) is 0 Å². The Morgan fingerprint density at radius 1 is 1.16 bits per heavy atom. The highest BCUT2D eigenvalue weighted by Gasteiger charge is 2.20. The Hall–Kier alpha value is -4.06. The Morgan fingerprint density at radius 3 is 2.56 bits per heavy atom. The van der Waals surface area contributed by atoms with E-state index in [-0.39, 0.29) is 30.4 Å². The predicted octanol–water partition coefficient (Wildman–Crippen LogP) is 3.60. The van der Waals surface area contributed by atoms with E-state index < -0.39 is 11.0 Å². The zero-order valence-electron chi connectivity index (χ0n) is 16.9. The largest absolute Gasteiger partial charge is 0.495 e. The molecule has 1 amide bonds. The Bertz CT molecular complexity index is 1170. The van der Waals surface area contributed by atoms with Crippen LogP contribution >= 0.6 is 11.6 Å². The third-order valence-electron chi connectivity index (χ3n) is 4.28. The van der Waals surface area contributed by atoms with Crippen LogP contribution in [-0.4, -0.2) is 53.5 Å². The predicted molar refractivity (Wildman–Crippen MR) is 116 cm³/mol. The van der Waals surface area contributed by atoms with Gasteiger partial charge in [0.05, 0.1) is 47.3 Å². The molecule has 0 fully saturated rings. The summed E-state index contributed by atoms with van der Waals surface area (Å²) in [4.78, 5) is 29.9. The minimum absolute atomic E-state index is 0.0424. The third-order valence-corrected chi connectivity index (χ3v) is 4.57. The molecule has 12 nitrogen and oxygen atoms in total. The molecule has 0 saturated heterocycles. The number of halogens is 1. The molecule has 3 aromatic rings. The maximum Gasteiger partial charge on any atom is 0.404 e. The van der Waals surface area contributed by atoms with Crippen LogP contribution in [0.25, 0.3) is 10.9 Å². The molecule has 3 rings (SSSR count). The summed E-state index contributed by atoms with van der Waals surface area (Å²) in [5, 5.41) is 26.1. The van der Waals surface area contributed by atoms with E-state index >= 15 is 0 Å². The van der Waals surface area contributed by atoms with Crippen LogP contribution in [0.5, 0.6) is 17.2 Å². The molecule has 0 spiro atoms. The van der Waals surface area contributed by atoms with E-state index in [1.54, 1.807) is 12.1 Å². The average molecular weight is 464 g/mol. The molecular weight excluding hydrogens is 446 g/mol. The van der Waals surface area contributed by atoms with Gasteiger partial charge in [-0.15, -0.1) is 0 Å². The summed E-state index contributed by atoms with van der Waals surface area (Å²) in [6.45, 7) is -0.143. The maximum absolute atomic E-state index is 11.6. The fourth-order valence-electron chi connectivity index (χ4n) is 2.84. The maximum atomic E-state index is 11.6. The van der Waals surface area contributed by atoms with Gasteiger partial charge in [0, 0.05) is 24.3 Å². The van der Waals surface area contributed by atoms with Crippen LogP contribution in [0, 0.1) is 10.1 Å². The van der Waals surface area contributed by atoms with Crippen LogP contribution in [0.1, 0.15) is 0 Å². The summed E-state index contributed by atoms with van der Waals surface area (Å²) in [5.41, 5.74) is 0.511. The number of fused-ring (bicyclic) bond motifs is 1. The zero-order chi connectivity index (χ0) is 23.3. The van der Waals surface area contributed by atoms with Gasteiger partial charge in [-0.1, -0.05) is 11.6 Å². The van der Waals surface area contributed by atoms with Crippen LogP contribution in [-0.2, 0) is 0 Å². The number of carbonyl (C=O) groups is 1. The van der Waals surface area contributed by atoms with Gasteiger partial charge in [-0.2, -0.15) is 0 Å². The van der Waals surface area contributed by atoms with E-state index in [0.717, 1.165) is 0 Å². The van der Waals surface area contributed by atoms with Crippen LogP contribution in [0.4, 0.5) is 22.0 Å².